The molecule has 1 aliphatic heterocycles. The molecule has 0 saturated carbocycles. The number of rotatable bonds is 8. The predicted octanol–water partition coefficient (Wildman–Crippen LogP) is 2.23. The lowest BCUT2D eigenvalue weighted by Gasteiger charge is -2.37. The maximum absolute atomic E-state index is 11.9. The molecule has 2 heterocycles. The summed E-state index contributed by atoms with van der Waals surface area (Å²) in [5.74, 6) is -0.752. The lowest BCUT2D eigenvalue weighted by atomic mass is 10.00. The molecule has 0 aliphatic carbocycles. The zero-order chi connectivity index (χ0) is 23.4. The van der Waals surface area contributed by atoms with Gasteiger partial charge in [-0.2, -0.15) is 0 Å². The summed E-state index contributed by atoms with van der Waals surface area (Å²) >= 11 is 0. The number of ether oxygens (including phenoxy) is 2. The predicted molar refractivity (Wildman–Crippen MR) is 118 cm³/mol. The van der Waals surface area contributed by atoms with Crippen LogP contribution in [0.2, 0.25) is 0 Å². The number of carboxylic acid groups (broad SMARTS) is 1. The van der Waals surface area contributed by atoms with Crippen LogP contribution in [-0.4, -0.2) is 62.7 Å². The van der Waals surface area contributed by atoms with E-state index in [1.54, 1.807) is 31.4 Å². The smallest absolute Gasteiger partial charge is 0.375 e. The molecule has 10 nitrogen and oxygen atoms in total. The number of hydrogen-bond acceptors (Lipinski definition) is 8. The molecule has 0 bridgehead atoms. The molecule has 3 atom stereocenters. The third-order valence-electron chi connectivity index (χ3n) is 5.55. The summed E-state index contributed by atoms with van der Waals surface area (Å²) in [6, 6.07) is 14.5. The van der Waals surface area contributed by atoms with Crippen molar-refractivity contribution >= 4 is 14.4 Å². The highest BCUT2D eigenvalue weighted by Gasteiger charge is 2.41. The van der Waals surface area contributed by atoms with Gasteiger partial charge in [-0.15, -0.1) is 5.10 Å². The van der Waals surface area contributed by atoms with Gasteiger partial charge in [0.1, 0.15) is 18.2 Å². The second-order valence-corrected chi connectivity index (χ2v) is 8.64. The summed E-state index contributed by atoms with van der Waals surface area (Å²) in [7, 11) is 1.17. The lowest BCUT2D eigenvalue weighted by Crippen LogP contribution is -2.52. The summed E-state index contributed by atoms with van der Waals surface area (Å²) in [6.07, 6.45) is 0.861. The zero-order valence-electron chi connectivity index (χ0n) is 17.8. The average Bonchev–Trinajstić information content (AvgIpc) is 3.35. The zero-order valence-corrected chi connectivity index (χ0v) is 18.7. The standard InChI is InChI=1S/C22H23N4O6P/c1-31-17-8-2-14(3-9-17)10-22(29,33-30)19-11-23-18(12-32-19)15-4-6-16(7-5-15)26-13-24-20(25-26)21(27)28/h2-9,13,18-19,23,29H,10-12H2,1H3,(H,27,28)/t18-,19+,22?/m0/s1. The van der Waals surface area contributed by atoms with Gasteiger partial charge in [0.25, 0.3) is 5.82 Å². The van der Waals surface area contributed by atoms with E-state index in [9.17, 15) is 14.5 Å². The van der Waals surface area contributed by atoms with Crippen molar-refractivity contribution in [2.75, 3.05) is 20.3 Å². The maximum Gasteiger partial charge on any atom is 0.375 e. The van der Waals surface area contributed by atoms with Crippen molar-refractivity contribution in [3.05, 3.63) is 71.8 Å². The third-order valence-corrected chi connectivity index (χ3v) is 6.32. The molecule has 0 radical (unpaired) electrons. The molecule has 1 aromatic heterocycles. The molecular formula is C22H23N4O6P. The van der Waals surface area contributed by atoms with Gasteiger partial charge >= 0.3 is 5.97 Å². The Labute approximate surface area is 191 Å². The first-order chi connectivity index (χ1) is 15.9. The summed E-state index contributed by atoms with van der Waals surface area (Å²) in [4.78, 5) is 14.7. The summed E-state index contributed by atoms with van der Waals surface area (Å²) in [6.45, 7) is 0.607. The Balaban J connectivity index is 1.38. The van der Waals surface area contributed by atoms with E-state index in [-0.39, 0.29) is 24.9 Å². The molecule has 1 fully saturated rings. The van der Waals surface area contributed by atoms with Gasteiger partial charge in [-0.25, -0.2) is 14.5 Å². The number of aromatic carboxylic acids is 1. The normalized spacial score (nSPS) is 20.3. The molecule has 4 rings (SSSR count). The molecule has 3 N–H and O–H groups in total. The van der Waals surface area contributed by atoms with Gasteiger partial charge in [0, 0.05) is 13.0 Å². The van der Waals surface area contributed by atoms with E-state index in [0.29, 0.717) is 18.0 Å². The van der Waals surface area contributed by atoms with Gasteiger partial charge in [0.15, 0.2) is 13.8 Å². The fraction of sp³-hybridized carbons (Fsp3) is 0.318. The fourth-order valence-electron chi connectivity index (χ4n) is 3.68. The van der Waals surface area contributed by atoms with Crippen LogP contribution in [0.25, 0.3) is 5.69 Å². The first-order valence-corrected chi connectivity index (χ1v) is 11.0. The molecular weight excluding hydrogens is 447 g/mol. The quantitative estimate of drug-likeness (QED) is 0.424. The van der Waals surface area contributed by atoms with E-state index in [2.05, 4.69) is 15.4 Å². The summed E-state index contributed by atoms with van der Waals surface area (Å²) < 4.78 is 24.3. The summed E-state index contributed by atoms with van der Waals surface area (Å²) in [5.41, 5.74) is 2.45. The van der Waals surface area contributed by atoms with Gasteiger partial charge in [-0.05, 0) is 35.4 Å². The first-order valence-electron chi connectivity index (χ1n) is 10.2. The highest BCUT2D eigenvalue weighted by molar-refractivity contribution is 7.25. The molecule has 2 aromatic carbocycles. The minimum atomic E-state index is -1.56. The Morgan fingerprint density at radius 1 is 1.27 bits per heavy atom. The number of morpholine rings is 1. The van der Waals surface area contributed by atoms with Gasteiger partial charge in [-0.1, -0.05) is 24.3 Å². The van der Waals surface area contributed by atoms with E-state index < -0.39 is 25.9 Å². The van der Waals surface area contributed by atoms with E-state index in [4.69, 9.17) is 14.6 Å². The topological polar surface area (TPSA) is 136 Å². The van der Waals surface area contributed by atoms with Crippen LogP contribution < -0.4 is 10.1 Å². The average molecular weight is 470 g/mol. The Morgan fingerprint density at radius 3 is 2.55 bits per heavy atom. The molecule has 33 heavy (non-hydrogen) atoms. The number of carbonyl (C=O) groups is 1. The molecule has 0 spiro atoms. The third kappa shape index (κ3) is 5.09. The lowest BCUT2D eigenvalue weighted by molar-refractivity contribution is -0.0853. The molecule has 11 heteroatoms. The van der Waals surface area contributed by atoms with E-state index >= 15 is 0 Å². The Morgan fingerprint density at radius 2 is 2.00 bits per heavy atom. The molecule has 1 unspecified atom stereocenters. The number of hydrogen-bond donors (Lipinski definition) is 3. The largest absolute Gasteiger partial charge is 0.497 e. The van der Waals surface area contributed by atoms with Crippen LogP contribution in [0, 0.1) is 0 Å². The first kappa shape index (κ1) is 23.0. The number of benzene rings is 2. The minimum absolute atomic E-state index is 0.116. The van der Waals surface area contributed by atoms with Gasteiger partial charge in [0.2, 0.25) is 0 Å². The van der Waals surface area contributed by atoms with Crippen molar-refractivity contribution in [3.8, 4) is 11.4 Å². The van der Waals surface area contributed by atoms with E-state index in [1.807, 2.05) is 24.3 Å². The summed E-state index contributed by atoms with van der Waals surface area (Å²) in [5, 5.41) is 25.7. The van der Waals surface area contributed by atoms with Gasteiger partial charge in [0.05, 0.1) is 25.4 Å². The minimum Gasteiger partial charge on any atom is -0.497 e. The fourth-order valence-corrected chi connectivity index (χ4v) is 4.21. The Bertz CT molecular complexity index is 1110. The monoisotopic (exact) mass is 470 g/mol. The van der Waals surface area contributed by atoms with Crippen LogP contribution >= 0.6 is 8.46 Å². The van der Waals surface area contributed by atoms with Crippen LogP contribution in [-0.2, 0) is 15.7 Å². The number of carboxylic acids is 1. The van der Waals surface area contributed by atoms with E-state index in [0.717, 1.165) is 11.1 Å². The SMILES string of the molecule is COc1ccc(CC(O)(P=O)[C@H]2CN[C@H](c3ccc(-n4cnc(C(=O)O)n4)cc3)CO2)cc1. The van der Waals surface area contributed by atoms with E-state index in [1.165, 1.54) is 11.0 Å². The second-order valence-electron chi connectivity index (χ2n) is 7.69. The maximum atomic E-state index is 11.9. The molecule has 1 saturated heterocycles. The Hall–Kier alpha value is -3.17. The van der Waals surface area contributed by atoms with Crippen molar-refractivity contribution in [3.63, 3.8) is 0 Å². The Kier molecular flexibility index (Phi) is 6.80. The number of methoxy groups -OCH3 is 1. The molecule has 3 aromatic rings. The van der Waals surface area contributed by atoms with Crippen LogP contribution in [0.15, 0.2) is 54.9 Å². The number of nitrogens with one attached hydrogen (secondary N) is 1. The van der Waals surface area contributed by atoms with Crippen molar-refractivity contribution in [2.45, 2.75) is 23.9 Å². The highest BCUT2D eigenvalue weighted by Crippen LogP contribution is 2.33. The van der Waals surface area contributed by atoms with Crippen LogP contribution in [0.5, 0.6) is 5.75 Å². The van der Waals surface area contributed by atoms with Gasteiger partial charge < -0.3 is 25.0 Å². The molecule has 172 valence electrons. The van der Waals surface area contributed by atoms with Gasteiger partial charge in [-0.3, -0.25) is 4.57 Å². The van der Waals surface area contributed by atoms with Crippen LogP contribution in [0.3, 0.4) is 0 Å². The highest BCUT2D eigenvalue weighted by atomic mass is 31.1. The van der Waals surface area contributed by atoms with Crippen LogP contribution in [0.4, 0.5) is 0 Å². The number of nitrogens with zero attached hydrogens (tertiary/aromatic N) is 3. The van der Waals surface area contributed by atoms with Crippen molar-refractivity contribution in [1.82, 2.24) is 20.1 Å². The number of aromatic nitrogens is 3. The van der Waals surface area contributed by atoms with Crippen molar-refractivity contribution in [2.24, 2.45) is 0 Å². The second kappa shape index (κ2) is 9.76. The molecule has 0 amide bonds. The van der Waals surface area contributed by atoms with Crippen LogP contribution in [0.1, 0.15) is 27.8 Å². The number of aliphatic hydroxyl groups is 1. The molecule has 1 aliphatic rings. The van der Waals surface area contributed by atoms with Crippen molar-refractivity contribution in [1.29, 1.82) is 0 Å². The van der Waals surface area contributed by atoms with Crippen molar-refractivity contribution < 1.29 is 29.0 Å².